The lowest BCUT2D eigenvalue weighted by Gasteiger charge is -2.01. The molecule has 0 aliphatic rings. The van der Waals surface area contributed by atoms with E-state index >= 15 is 0 Å². The summed E-state index contributed by atoms with van der Waals surface area (Å²) in [5.41, 5.74) is 2.25. The molecular formula is C16H14O3. The first-order chi connectivity index (χ1) is 9.17. The van der Waals surface area contributed by atoms with Crippen LogP contribution in [-0.2, 0) is 0 Å². The van der Waals surface area contributed by atoms with Crippen LogP contribution in [0.3, 0.4) is 0 Å². The quantitative estimate of drug-likeness (QED) is 0.670. The molecule has 96 valence electrons. The third-order valence-electron chi connectivity index (χ3n) is 2.55. The molecule has 0 heterocycles. The van der Waals surface area contributed by atoms with E-state index < -0.39 is 0 Å². The number of hydrogen-bond donors (Lipinski definition) is 1. The zero-order chi connectivity index (χ0) is 13.7. The molecule has 0 unspecified atom stereocenters. The molecule has 2 aromatic carbocycles. The minimum Gasteiger partial charge on any atom is -0.508 e. The molecule has 1 N–H and O–H groups in total. The number of aromatic hydroxyl groups is 1. The van der Waals surface area contributed by atoms with Gasteiger partial charge in [0.1, 0.15) is 17.8 Å². The summed E-state index contributed by atoms with van der Waals surface area (Å²) in [7, 11) is 0. The van der Waals surface area contributed by atoms with E-state index in [-0.39, 0.29) is 5.75 Å². The van der Waals surface area contributed by atoms with E-state index in [0.717, 1.165) is 11.3 Å². The number of rotatable bonds is 4. The molecule has 0 fully saturated rings. The van der Waals surface area contributed by atoms with Crippen LogP contribution in [0.2, 0.25) is 0 Å². The second kappa shape index (κ2) is 5.87. The number of phenols is 1. The summed E-state index contributed by atoms with van der Waals surface area (Å²) in [6.07, 6.45) is 3.91. The van der Waals surface area contributed by atoms with Gasteiger partial charge in [-0.25, -0.2) is 0 Å². The Labute approximate surface area is 111 Å². The van der Waals surface area contributed by atoms with Gasteiger partial charge < -0.3 is 9.84 Å². The maximum atomic E-state index is 10.7. The van der Waals surface area contributed by atoms with E-state index in [9.17, 15) is 9.90 Å². The van der Waals surface area contributed by atoms with Gasteiger partial charge in [-0.1, -0.05) is 12.1 Å². The minimum absolute atomic E-state index is 0.0554. The van der Waals surface area contributed by atoms with Crippen LogP contribution in [0.5, 0.6) is 11.5 Å². The third kappa shape index (κ3) is 3.71. The number of carbonyl (C=O) groups excluding carboxylic acids is 1. The summed E-state index contributed by atoms with van der Waals surface area (Å²) in [5.74, 6) is 0.798. The van der Waals surface area contributed by atoms with E-state index in [1.165, 1.54) is 12.3 Å². The summed E-state index contributed by atoms with van der Waals surface area (Å²) in [6, 6.07) is 12.3. The highest BCUT2D eigenvalue weighted by atomic mass is 16.5. The van der Waals surface area contributed by atoms with Gasteiger partial charge in [-0.05, 0) is 54.5 Å². The summed E-state index contributed by atoms with van der Waals surface area (Å²) in [6.45, 7) is 1.99. The molecule has 2 aromatic rings. The maximum absolute atomic E-state index is 10.7. The summed E-state index contributed by atoms with van der Waals surface area (Å²) in [5, 5.41) is 9.44. The van der Waals surface area contributed by atoms with Gasteiger partial charge in [-0.3, -0.25) is 4.79 Å². The average Bonchev–Trinajstić information content (AvgIpc) is 2.38. The predicted octanol–water partition coefficient (Wildman–Crippen LogP) is 3.56. The fraction of sp³-hybridized carbons (Fsp3) is 0.0625. The Balaban J connectivity index is 2.10. The normalized spacial score (nSPS) is 10.6. The van der Waals surface area contributed by atoms with Crippen LogP contribution in [0.25, 0.3) is 6.08 Å². The van der Waals surface area contributed by atoms with Gasteiger partial charge in [0.2, 0.25) is 0 Å². The Kier molecular flexibility index (Phi) is 3.98. The van der Waals surface area contributed by atoms with Crippen LogP contribution in [0, 0.1) is 6.92 Å². The van der Waals surface area contributed by atoms with Gasteiger partial charge in [0.15, 0.2) is 0 Å². The second-order valence-corrected chi connectivity index (χ2v) is 4.21. The van der Waals surface area contributed by atoms with Crippen molar-refractivity contribution in [2.75, 3.05) is 0 Å². The van der Waals surface area contributed by atoms with Gasteiger partial charge in [0.25, 0.3) is 0 Å². The molecule has 3 nitrogen and oxygen atoms in total. The highest BCUT2D eigenvalue weighted by molar-refractivity contribution is 5.77. The van der Waals surface area contributed by atoms with Crippen LogP contribution in [0.1, 0.15) is 21.5 Å². The van der Waals surface area contributed by atoms with Crippen molar-refractivity contribution in [2.24, 2.45) is 0 Å². The number of benzene rings is 2. The highest BCUT2D eigenvalue weighted by Crippen LogP contribution is 2.17. The zero-order valence-corrected chi connectivity index (χ0v) is 10.5. The Morgan fingerprint density at radius 2 is 1.89 bits per heavy atom. The standard InChI is InChI=1S/C16H14O3/c1-12-3-2-4-16(7-12)19-6-5-13-8-14(11-17)10-15(18)9-13/h2-11,18H,1H3/b6-5+. The van der Waals surface area contributed by atoms with Gasteiger partial charge >= 0.3 is 0 Å². The molecule has 0 atom stereocenters. The Morgan fingerprint density at radius 3 is 2.63 bits per heavy atom. The van der Waals surface area contributed by atoms with Crippen molar-refractivity contribution in [3.05, 3.63) is 65.4 Å². The van der Waals surface area contributed by atoms with Crippen molar-refractivity contribution in [3.8, 4) is 11.5 Å². The van der Waals surface area contributed by atoms with E-state index in [1.54, 1.807) is 18.2 Å². The lowest BCUT2D eigenvalue weighted by molar-refractivity contribution is 0.112. The second-order valence-electron chi connectivity index (χ2n) is 4.21. The summed E-state index contributed by atoms with van der Waals surface area (Å²) >= 11 is 0. The Hall–Kier alpha value is -2.55. The van der Waals surface area contributed by atoms with Crippen LogP contribution in [0.15, 0.2) is 48.7 Å². The molecule has 0 saturated carbocycles. The molecule has 0 aliphatic heterocycles. The first-order valence-electron chi connectivity index (χ1n) is 5.86. The van der Waals surface area contributed by atoms with Crippen molar-refractivity contribution in [3.63, 3.8) is 0 Å². The van der Waals surface area contributed by atoms with E-state index in [0.29, 0.717) is 17.4 Å². The fourth-order valence-corrected chi connectivity index (χ4v) is 1.70. The SMILES string of the molecule is Cc1cccc(O/C=C/c2cc(O)cc(C=O)c2)c1. The molecule has 0 bridgehead atoms. The average molecular weight is 254 g/mol. The van der Waals surface area contributed by atoms with E-state index in [2.05, 4.69) is 0 Å². The predicted molar refractivity (Wildman–Crippen MR) is 74.3 cm³/mol. The summed E-state index contributed by atoms with van der Waals surface area (Å²) < 4.78 is 5.45. The van der Waals surface area contributed by atoms with Crippen LogP contribution < -0.4 is 4.74 Å². The number of aryl methyl sites for hydroxylation is 1. The van der Waals surface area contributed by atoms with Gasteiger partial charge in [0.05, 0.1) is 6.26 Å². The van der Waals surface area contributed by atoms with Crippen molar-refractivity contribution in [1.29, 1.82) is 0 Å². The lowest BCUT2D eigenvalue weighted by Crippen LogP contribution is -1.84. The van der Waals surface area contributed by atoms with Gasteiger partial charge in [0, 0.05) is 5.56 Å². The largest absolute Gasteiger partial charge is 0.508 e. The van der Waals surface area contributed by atoms with Crippen LogP contribution in [-0.4, -0.2) is 11.4 Å². The summed E-state index contributed by atoms with van der Waals surface area (Å²) in [4.78, 5) is 10.7. The lowest BCUT2D eigenvalue weighted by atomic mass is 10.1. The molecule has 0 amide bonds. The molecule has 3 heteroatoms. The Bertz CT molecular complexity index is 615. The molecule has 0 saturated heterocycles. The van der Waals surface area contributed by atoms with Crippen molar-refractivity contribution >= 4 is 12.4 Å². The smallest absolute Gasteiger partial charge is 0.150 e. The maximum Gasteiger partial charge on any atom is 0.150 e. The molecule has 0 aromatic heterocycles. The van der Waals surface area contributed by atoms with Crippen LogP contribution >= 0.6 is 0 Å². The fourth-order valence-electron chi connectivity index (χ4n) is 1.70. The molecule has 0 aliphatic carbocycles. The number of carbonyl (C=O) groups is 1. The number of hydrogen-bond acceptors (Lipinski definition) is 3. The van der Waals surface area contributed by atoms with Crippen molar-refractivity contribution in [2.45, 2.75) is 6.92 Å². The minimum atomic E-state index is 0.0554. The zero-order valence-electron chi connectivity index (χ0n) is 10.5. The van der Waals surface area contributed by atoms with Gasteiger partial charge in [-0.15, -0.1) is 0 Å². The van der Waals surface area contributed by atoms with E-state index in [4.69, 9.17) is 4.74 Å². The molecule has 0 radical (unpaired) electrons. The number of phenolic OH excluding ortho intramolecular Hbond substituents is 1. The van der Waals surface area contributed by atoms with Gasteiger partial charge in [-0.2, -0.15) is 0 Å². The molecule has 0 spiro atoms. The number of ether oxygens (including phenoxy) is 1. The first-order valence-corrected chi connectivity index (χ1v) is 5.86. The van der Waals surface area contributed by atoms with Crippen molar-refractivity contribution < 1.29 is 14.6 Å². The molecule has 2 rings (SSSR count). The van der Waals surface area contributed by atoms with Crippen molar-refractivity contribution in [1.82, 2.24) is 0 Å². The topological polar surface area (TPSA) is 46.5 Å². The van der Waals surface area contributed by atoms with Crippen LogP contribution in [0.4, 0.5) is 0 Å². The Morgan fingerprint density at radius 1 is 1.11 bits per heavy atom. The molecular weight excluding hydrogens is 240 g/mol. The number of aldehydes is 1. The first kappa shape index (κ1) is 12.9. The monoisotopic (exact) mass is 254 g/mol. The molecule has 19 heavy (non-hydrogen) atoms. The third-order valence-corrected chi connectivity index (χ3v) is 2.55. The van der Waals surface area contributed by atoms with E-state index in [1.807, 2.05) is 31.2 Å². The highest BCUT2D eigenvalue weighted by Gasteiger charge is 1.97.